The van der Waals surface area contributed by atoms with Crippen molar-refractivity contribution in [3.63, 3.8) is 0 Å². The molecule has 1 aromatic carbocycles. The first kappa shape index (κ1) is 22.0. The number of benzene rings is 1. The zero-order valence-corrected chi connectivity index (χ0v) is 18.0. The van der Waals surface area contributed by atoms with E-state index in [1.165, 1.54) is 0 Å². The number of hydrogen-bond donors (Lipinski definition) is 1. The van der Waals surface area contributed by atoms with E-state index in [-0.39, 0.29) is 16.4 Å². The maximum absolute atomic E-state index is 11.9. The van der Waals surface area contributed by atoms with Crippen LogP contribution in [0.15, 0.2) is 24.3 Å². The highest BCUT2D eigenvalue weighted by Crippen LogP contribution is 2.38. The first-order valence-electron chi connectivity index (χ1n) is 9.75. The molecule has 0 radical (unpaired) electrons. The highest BCUT2D eigenvalue weighted by atomic mass is 35.5. The van der Waals surface area contributed by atoms with Crippen molar-refractivity contribution in [1.82, 2.24) is 4.98 Å². The van der Waals surface area contributed by atoms with Gasteiger partial charge in [-0.3, -0.25) is 10.1 Å². The van der Waals surface area contributed by atoms with Gasteiger partial charge in [0.25, 0.3) is 0 Å². The third-order valence-electron chi connectivity index (χ3n) is 4.70. The molecule has 0 unspecified atom stereocenters. The number of hydrogen-bond acceptors (Lipinski definition) is 5. The standard InChI is InChI=1S/C21H29ClN4O2/c1-6-8-11-25(7-2)19-12-15(5)23-21(20(19)26(27)28)24-18-10-9-16(14(3)4)13-17(18)22/h9-10,12-14H,6-8,11H2,1-5H3,(H,23,24). The molecule has 7 heteroatoms. The van der Waals surface area contributed by atoms with Crippen molar-refractivity contribution in [1.29, 1.82) is 0 Å². The largest absolute Gasteiger partial charge is 0.366 e. The minimum absolute atomic E-state index is 0.0208. The van der Waals surface area contributed by atoms with E-state index in [2.05, 4.69) is 31.1 Å². The molecule has 0 aliphatic carbocycles. The van der Waals surface area contributed by atoms with Crippen LogP contribution in [0.25, 0.3) is 0 Å². The van der Waals surface area contributed by atoms with Crippen molar-refractivity contribution in [3.8, 4) is 0 Å². The van der Waals surface area contributed by atoms with Crippen LogP contribution in [-0.2, 0) is 0 Å². The van der Waals surface area contributed by atoms with Crippen molar-refractivity contribution in [3.05, 3.63) is 50.7 Å². The second kappa shape index (κ2) is 9.73. The summed E-state index contributed by atoms with van der Waals surface area (Å²) in [4.78, 5) is 18.0. The fourth-order valence-corrected chi connectivity index (χ4v) is 3.31. The summed E-state index contributed by atoms with van der Waals surface area (Å²) in [6, 6.07) is 7.49. The molecular formula is C21H29ClN4O2. The lowest BCUT2D eigenvalue weighted by molar-refractivity contribution is -0.383. The summed E-state index contributed by atoms with van der Waals surface area (Å²) >= 11 is 6.42. The van der Waals surface area contributed by atoms with Crippen LogP contribution in [0, 0.1) is 17.0 Å². The van der Waals surface area contributed by atoms with E-state index in [0.717, 1.165) is 24.9 Å². The predicted octanol–water partition coefficient (Wildman–Crippen LogP) is 6.45. The maximum atomic E-state index is 11.9. The minimum Gasteiger partial charge on any atom is -0.366 e. The molecule has 6 nitrogen and oxygen atoms in total. The Morgan fingerprint density at radius 1 is 1.29 bits per heavy atom. The second-order valence-corrected chi connectivity index (χ2v) is 7.60. The molecule has 2 rings (SSSR count). The van der Waals surface area contributed by atoms with Crippen molar-refractivity contribution < 1.29 is 4.92 Å². The molecular weight excluding hydrogens is 376 g/mol. The van der Waals surface area contributed by atoms with Crippen LogP contribution >= 0.6 is 11.6 Å². The molecule has 0 saturated heterocycles. The smallest absolute Gasteiger partial charge is 0.334 e. The van der Waals surface area contributed by atoms with E-state index in [4.69, 9.17) is 11.6 Å². The number of halogens is 1. The van der Waals surface area contributed by atoms with Gasteiger partial charge in [0.15, 0.2) is 0 Å². The van der Waals surface area contributed by atoms with E-state index >= 15 is 0 Å². The lowest BCUT2D eigenvalue weighted by Crippen LogP contribution is -2.25. The van der Waals surface area contributed by atoms with Gasteiger partial charge in [0, 0.05) is 18.8 Å². The summed E-state index contributed by atoms with van der Waals surface area (Å²) in [5.41, 5.74) is 3.00. The summed E-state index contributed by atoms with van der Waals surface area (Å²) in [6.45, 7) is 11.6. The van der Waals surface area contributed by atoms with Crippen LogP contribution in [0.3, 0.4) is 0 Å². The Bertz CT molecular complexity index is 839. The van der Waals surface area contributed by atoms with Crippen molar-refractivity contribution in [2.75, 3.05) is 23.3 Å². The van der Waals surface area contributed by atoms with E-state index in [9.17, 15) is 10.1 Å². The lowest BCUT2D eigenvalue weighted by atomic mass is 10.0. The van der Waals surface area contributed by atoms with Crippen LogP contribution in [0.4, 0.5) is 22.9 Å². The Kier molecular flexibility index (Phi) is 7.63. The number of pyridine rings is 1. The van der Waals surface area contributed by atoms with Gasteiger partial charge in [0.2, 0.25) is 5.82 Å². The van der Waals surface area contributed by atoms with Crippen LogP contribution in [0.1, 0.15) is 57.7 Å². The molecule has 0 atom stereocenters. The molecule has 0 fully saturated rings. The molecule has 0 spiro atoms. The van der Waals surface area contributed by atoms with Gasteiger partial charge in [-0.05, 0) is 49.9 Å². The molecule has 0 saturated carbocycles. The monoisotopic (exact) mass is 404 g/mol. The van der Waals surface area contributed by atoms with Gasteiger partial charge in [0.05, 0.1) is 15.6 Å². The number of nitrogens with one attached hydrogen (secondary N) is 1. The average Bonchev–Trinajstić information content (AvgIpc) is 2.63. The first-order chi connectivity index (χ1) is 13.3. The van der Waals surface area contributed by atoms with Crippen LogP contribution in [0.5, 0.6) is 0 Å². The SMILES string of the molecule is CCCCN(CC)c1cc(C)nc(Nc2ccc(C(C)C)cc2Cl)c1[N+](=O)[O-]. The molecule has 0 aliphatic heterocycles. The normalized spacial score (nSPS) is 11.0. The van der Waals surface area contributed by atoms with Crippen LogP contribution in [0.2, 0.25) is 5.02 Å². The number of unbranched alkanes of at least 4 members (excludes halogenated alkanes) is 1. The zero-order chi connectivity index (χ0) is 20.8. The van der Waals surface area contributed by atoms with E-state index in [1.807, 2.05) is 36.9 Å². The lowest BCUT2D eigenvalue weighted by Gasteiger charge is -2.24. The summed E-state index contributed by atoms with van der Waals surface area (Å²) in [5, 5.41) is 15.5. The molecule has 1 heterocycles. The Hall–Kier alpha value is -2.34. The Morgan fingerprint density at radius 3 is 2.54 bits per heavy atom. The van der Waals surface area contributed by atoms with E-state index in [1.54, 1.807) is 6.07 Å². The van der Waals surface area contributed by atoms with E-state index in [0.29, 0.717) is 34.6 Å². The quantitative estimate of drug-likeness (QED) is 0.384. The number of aromatic nitrogens is 1. The molecule has 1 N–H and O–H groups in total. The highest BCUT2D eigenvalue weighted by Gasteiger charge is 2.26. The van der Waals surface area contributed by atoms with Crippen molar-refractivity contribution in [2.45, 2.75) is 53.4 Å². The second-order valence-electron chi connectivity index (χ2n) is 7.19. The van der Waals surface area contributed by atoms with Gasteiger partial charge in [-0.2, -0.15) is 0 Å². The minimum atomic E-state index is -0.366. The fraction of sp³-hybridized carbons (Fsp3) is 0.476. The molecule has 0 amide bonds. The highest BCUT2D eigenvalue weighted by molar-refractivity contribution is 6.33. The molecule has 152 valence electrons. The maximum Gasteiger partial charge on any atom is 0.334 e. The zero-order valence-electron chi connectivity index (χ0n) is 17.3. The summed E-state index contributed by atoms with van der Waals surface area (Å²) in [6.07, 6.45) is 1.99. The van der Waals surface area contributed by atoms with Gasteiger partial charge in [0.1, 0.15) is 5.69 Å². The van der Waals surface area contributed by atoms with Crippen LogP contribution in [-0.4, -0.2) is 23.0 Å². The van der Waals surface area contributed by atoms with Crippen LogP contribution < -0.4 is 10.2 Å². The number of rotatable bonds is 9. The number of nitro groups is 1. The first-order valence-corrected chi connectivity index (χ1v) is 10.1. The topological polar surface area (TPSA) is 71.3 Å². The summed E-state index contributed by atoms with van der Waals surface area (Å²) in [7, 11) is 0. The fourth-order valence-electron chi connectivity index (χ4n) is 3.07. The third kappa shape index (κ3) is 5.13. The average molecular weight is 405 g/mol. The van der Waals surface area contributed by atoms with Gasteiger partial charge in [-0.25, -0.2) is 4.98 Å². The molecule has 0 bridgehead atoms. The van der Waals surface area contributed by atoms with Gasteiger partial charge >= 0.3 is 5.69 Å². The van der Waals surface area contributed by atoms with Crippen molar-refractivity contribution in [2.24, 2.45) is 0 Å². The van der Waals surface area contributed by atoms with E-state index < -0.39 is 0 Å². The molecule has 1 aromatic heterocycles. The molecule has 28 heavy (non-hydrogen) atoms. The molecule has 0 aliphatic rings. The summed E-state index contributed by atoms with van der Waals surface area (Å²) in [5.74, 6) is 0.565. The third-order valence-corrected chi connectivity index (χ3v) is 5.01. The molecule has 2 aromatic rings. The number of nitrogens with zero attached hydrogens (tertiary/aromatic N) is 3. The van der Waals surface area contributed by atoms with Gasteiger partial charge in [-0.1, -0.05) is 44.9 Å². The predicted molar refractivity (Wildman–Crippen MR) is 117 cm³/mol. The number of aryl methyl sites for hydroxylation is 1. The Morgan fingerprint density at radius 2 is 2.00 bits per heavy atom. The number of anilines is 3. The Labute approximate surface area is 172 Å². The van der Waals surface area contributed by atoms with Gasteiger partial charge < -0.3 is 10.2 Å². The Balaban J connectivity index is 2.51. The summed E-state index contributed by atoms with van der Waals surface area (Å²) < 4.78 is 0. The van der Waals surface area contributed by atoms with Crippen molar-refractivity contribution >= 4 is 34.5 Å². The van der Waals surface area contributed by atoms with Gasteiger partial charge in [-0.15, -0.1) is 0 Å².